The summed E-state index contributed by atoms with van der Waals surface area (Å²) in [5.74, 6) is 0. The molecule has 0 bridgehead atoms. The summed E-state index contributed by atoms with van der Waals surface area (Å²) in [6, 6.07) is 15.2. The molecule has 3 aromatic rings. The summed E-state index contributed by atoms with van der Waals surface area (Å²) in [5, 5.41) is 4.42. The number of pyridine rings is 1. The molecule has 0 radical (unpaired) electrons. The highest BCUT2D eigenvalue weighted by molar-refractivity contribution is 7.80. The monoisotopic (exact) mass is 475 g/mol. The Morgan fingerprint density at radius 2 is 1.88 bits per heavy atom. The predicted octanol–water partition coefficient (Wildman–Crippen LogP) is 5.28. The fraction of sp³-hybridized carbons (Fsp3) is 0.429. The van der Waals surface area contributed by atoms with Crippen molar-refractivity contribution < 1.29 is 0 Å². The van der Waals surface area contributed by atoms with Gasteiger partial charge in [0.05, 0.1) is 23.5 Å². The van der Waals surface area contributed by atoms with Gasteiger partial charge in [-0.05, 0) is 101 Å². The fourth-order valence-corrected chi connectivity index (χ4v) is 5.63. The normalized spacial score (nSPS) is 18.1. The van der Waals surface area contributed by atoms with E-state index >= 15 is 0 Å². The Morgan fingerprint density at radius 3 is 2.56 bits per heavy atom. The molecular weight excluding hydrogens is 438 g/mol. The Morgan fingerprint density at radius 1 is 1.09 bits per heavy atom. The van der Waals surface area contributed by atoms with Crippen LogP contribution >= 0.6 is 12.2 Å². The van der Waals surface area contributed by atoms with Crippen molar-refractivity contribution in [2.75, 3.05) is 27.2 Å². The van der Waals surface area contributed by atoms with Crippen molar-refractivity contribution in [1.29, 1.82) is 0 Å². The van der Waals surface area contributed by atoms with E-state index in [0.29, 0.717) is 0 Å². The van der Waals surface area contributed by atoms with Crippen LogP contribution in [-0.2, 0) is 6.42 Å². The molecule has 0 saturated carbocycles. The van der Waals surface area contributed by atoms with Gasteiger partial charge in [0.25, 0.3) is 0 Å². The molecule has 1 aliphatic heterocycles. The van der Waals surface area contributed by atoms with E-state index in [2.05, 4.69) is 97.9 Å². The topological polar surface area (TPSA) is 36.3 Å². The molecule has 0 spiro atoms. The van der Waals surface area contributed by atoms with E-state index in [1.807, 2.05) is 12.3 Å². The zero-order chi connectivity index (χ0) is 24.4. The highest BCUT2D eigenvalue weighted by Gasteiger charge is 2.41. The zero-order valence-corrected chi connectivity index (χ0v) is 22.1. The maximum Gasteiger partial charge on any atom is 0.170 e. The number of thiocarbonyl (C=S) groups is 1. The largest absolute Gasteiger partial charge is 0.352 e. The van der Waals surface area contributed by atoms with Gasteiger partial charge in [-0.15, -0.1) is 0 Å². The van der Waals surface area contributed by atoms with E-state index in [9.17, 15) is 0 Å². The van der Waals surface area contributed by atoms with E-state index in [-0.39, 0.29) is 12.1 Å². The molecule has 3 heterocycles. The number of benzene rings is 1. The van der Waals surface area contributed by atoms with E-state index in [4.69, 9.17) is 17.2 Å². The molecule has 180 valence electrons. The fourth-order valence-electron chi connectivity index (χ4n) is 5.30. The lowest BCUT2D eigenvalue weighted by Gasteiger charge is -2.28. The number of aryl methyl sites for hydroxylation is 3. The standard InChI is InChI=1S/C28H37N5S/c1-7-22-13-10-12-19(2)26(22)33-20(3)18-23(21(33)4)27-25(24-14-8-9-15-29-24)30-28(34)32(27)17-11-16-31(5)6/h8-10,12-15,18,25,27H,7,11,16-17H2,1-6H3,(H,30,34)/t25-,27-/m1/s1. The van der Waals surface area contributed by atoms with Crippen molar-refractivity contribution in [3.63, 3.8) is 0 Å². The molecule has 1 fully saturated rings. The Kier molecular flexibility index (Phi) is 7.39. The Bertz CT molecular complexity index is 1150. The number of hydrogen-bond acceptors (Lipinski definition) is 3. The molecule has 1 aliphatic rings. The van der Waals surface area contributed by atoms with E-state index < -0.39 is 0 Å². The van der Waals surface area contributed by atoms with Crippen LogP contribution in [0.3, 0.4) is 0 Å². The quantitative estimate of drug-likeness (QED) is 0.448. The van der Waals surface area contributed by atoms with E-state index in [1.165, 1.54) is 33.8 Å². The smallest absolute Gasteiger partial charge is 0.170 e. The van der Waals surface area contributed by atoms with E-state index in [0.717, 1.165) is 36.7 Å². The zero-order valence-electron chi connectivity index (χ0n) is 21.3. The minimum atomic E-state index is 0.0181. The molecule has 6 heteroatoms. The molecule has 2 atom stereocenters. The first-order valence-electron chi connectivity index (χ1n) is 12.2. The van der Waals surface area contributed by atoms with Gasteiger partial charge in [-0.25, -0.2) is 0 Å². The minimum absolute atomic E-state index is 0.0181. The number of nitrogens with one attached hydrogen (secondary N) is 1. The van der Waals surface area contributed by atoms with Gasteiger partial charge >= 0.3 is 0 Å². The molecule has 4 rings (SSSR count). The number of hydrogen-bond donors (Lipinski definition) is 1. The molecule has 2 aromatic heterocycles. The number of aromatic nitrogens is 2. The average molecular weight is 476 g/mol. The highest BCUT2D eigenvalue weighted by Crippen LogP contribution is 2.42. The molecular formula is C28H37N5S. The van der Waals surface area contributed by atoms with Crippen LogP contribution in [0.2, 0.25) is 0 Å². The van der Waals surface area contributed by atoms with Crippen molar-refractivity contribution in [1.82, 2.24) is 24.7 Å². The maximum absolute atomic E-state index is 5.88. The van der Waals surface area contributed by atoms with E-state index in [1.54, 1.807) is 0 Å². The molecule has 34 heavy (non-hydrogen) atoms. The average Bonchev–Trinajstić information content (AvgIpc) is 3.29. The van der Waals surface area contributed by atoms with Gasteiger partial charge in [0, 0.05) is 24.1 Å². The molecule has 0 amide bonds. The molecule has 5 nitrogen and oxygen atoms in total. The maximum atomic E-state index is 5.88. The van der Waals surface area contributed by atoms with Crippen molar-refractivity contribution in [2.24, 2.45) is 0 Å². The second kappa shape index (κ2) is 10.3. The Balaban J connectivity index is 1.82. The Labute approximate surface area is 209 Å². The molecule has 1 saturated heterocycles. The molecule has 0 unspecified atom stereocenters. The van der Waals surface area contributed by atoms with Gasteiger partial charge in [-0.1, -0.05) is 31.2 Å². The number of rotatable bonds is 8. The first-order chi connectivity index (χ1) is 16.3. The molecule has 1 N–H and O–H groups in total. The van der Waals surface area contributed by atoms with Crippen LogP contribution in [-0.4, -0.2) is 51.6 Å². The summed E-state index contributed by atoms with van der Waals surface area (Å²) >= 11 is 5.88. The summed E-state index contributed by atoms with van der Waals surface area (Å²) in [5.41, 5.74) is 8.86. The Hall–Kier alpha value is -2.70. The van der Waals surface area contributed by atoms with Crippen LogP contribution in [0.1, 0.15) is 59.2 Å². The number of nitrogens with zero attached hydrogens (tertiary/aromatic N) is 4. The van der Waals surface area contributed by atoms with Crippen LogP contribution < -0.4 is 5.32 Å². The number of para-hydroxylation sites is 1. The van der Waals surface area contributed by atoms with Gasteiger partial charge in [-0.3, -0.25) is 4.98 Å². The minimum Gasteiger partial charge on any atom is -0.352 e. The second-order valence-electron chi connectivity index (χ2n) is 9.57. The van der Waals surface area contributed by atoms with Crippen LogP contribution in [0.5, 0.6) is 0 Å². The van der Waals surface area contributed by atoms with Crippen molar-refractivity contribution >= 4 is 17.3 Å². The van der Waals surface area contributed by atoms with Gasteiger partial charge in [0.1, 0.15) is 0 Å². The summed E-state index contributed by atoms with van der Waals surface area (Å²) in [6.07, 6.45) is 3.93. The van der Waals surface area contributed by atoms with Crippen molar-refractivity contribution in [2.45, 2.75) is 52.6 Å². The van der Waals surface area contributed by atoms with Gasteiger partial charge in [0.2, 0.25) is 0 Å². The van der Waals surface area contributed by atoms with Crippen LogP contribution in [0.25, 0.3) is 5.69 Å². The van der Waals surface area contributed by atoms with Crippen LogP contribution in [0.4, 0.5) is 0 Å². The first kappa shape index (κ1) is 24.4. The third kappa shape index (κ3) is 4.62. The summed E-state index contributed by atoms with van der Waals surface area (Å²) < 4.78 is 2.44. The van der Waals surface area contributed by atoms with Crippen LogP contribution in [0, 0.1) is 20.8 Å². The molecule has 1 aromatic carbocycles. The van der Waals surface area contributed by atoms with Crippen molar-refractivity contribution in [3.8, 4) is 5.69 Å². The lowest BCUT2D eigenvalue weighted by molar-refractivity contribution is 0.292. The van der Waals surface area contributed by atoms with Gasteiger partial charge in [-0.2, -0.15) is 0 Å². The van der Waals surface area contributed by atoms with Gasteiger partial charge < -0.3 is 19.7 Å². The third-order valence-corrected chi connectivity index (χ3v) is 7.27. The summed E-state index contributed by atoms with van der Waals surface area (Å²) in [4.78, 5) is 9.32. The third-order valence-electron chi connectivity index (χ3n) is 6.92. The predicted molar refractivity (Wildman–Crippen MR) is 145 cm³/mol. The lowest BCUT2D eigenvalue weighted by Crippen LogP contribution is -2.32. The summed E-state index contributed by atoms with van der Waals surface area (Å²) in [6.45, 7) is 10.9. The lowest BCUT2D eigenvalue weighted by atomic mass is 9.96. The first-order valence-corrected chi connectivity index (χ1v) is 12.6. The van der Waals surface area contributed by atoms with Gasteiger partial charge in [0.15, 0.2) is 5.11 Å². The summed E-state index contributed by atoms with van der Waals surface area (Å²) in [7, 11) is 4.24. The second-order valence-corrected chi connectivity index (χ2v) is 9.96. The van der Waals surface area contributed by atoms with Crippen LogP contribution in [0.15, 0.2) is 48.7 Å². The SMILES string of the molecule is CCc1cccc(C)c1-n1c(C)cc([C@@H]2[C@@H](c3ccccn3)NC(=S)N2CCCN(C)C)c1C. The highest BCUT2D eigenvalue weighted by atomic mass is 32.1. The van der Waals surface area contributed by atoms with Crippen molar-refractivity contribution in [3.05, 3.63) is 82.4 Å². The molecule has 0 aliphatic carbocycles.